The molecule has 0 fully saturated rings. The monoisotopic (exact) mass is 422 g/mol. The first-order chi connectivity index (χ1) is 12.8. The number of furan rings is 1. The van der Waals surface area contributed by atoms with Crippen LogP contribution in [0, 0.1) is 17.0 Å². The molecule has 1 aromatic heterocycles. The van der Waals surface area contributed by atoms with Gasteiger partial charge in [-0.1, -0.05) is 0 Å². The van der Waals surface area contributed by atoms with Crippen LogP contribution in [0.25, 0.3) is 0 Å². The van der Waals surface area contributed by atoms with E-state index in [0.717, 1.165) is 30.5 Å². The molecule has 0 aliphatic heterocycles. The zero-order valence-corrected chi connectivity index (χ0v) is 15.6. The molecule has 1 aromatic carbocycles. The second kappa shape index (κ2) is 7.43. The van der Waals surface area contributed by atoms with Gasteiger partial charge in [-0.15, -0.1) is 0 Å². The number of anilines is 1. The molecule has 28 heavy (non-hydrogen) atoms. The Labute approximate surface area is 158 Å². The highest BCUT2D eigenvalue weighted by molar-refractivity contribution is 7.90. The fraction of sp³-hybridized carbons (Fsp3) is 0.375. The van der Waals surface area contributed by atoms with Crippen LogP contribution >= 0.6 is 0 Å². The van der Waals surface area contributed by atoms with Crippen molar-refractivity contribution in [3.05, 3.63) is 52.0 Å². The molecule has 0 aliphatic carbocycles. The molecule has 2 aromatic rings. The first-order valence-corrected chi connectivity index (χ1v) is 9.73. The number of rotatable bonds is 7. The van der Waals surface area contributed by atoms with E-state index >= 15 is 0 Å². The summed E-state index contributed by atoms with van der Waals surface area (Å²) in [4.78, 5) is 10.0. The van der Waals surface area contributed by atoms with Crippen molar-refractivity contribution in [2.24, 2.45) is 0 Å². The summed E-state index contributed by atoms with van der Waals surface area (Å²) in [5, 5.41) is 23.8. The average Bonchev–Trinajstić information content (AvgIpc) is 2.99. The Hall–Kier alpha value is -2.60. The highest BCUT2D eigenvalue weighted by atomic mass is 32.2. The van der Waals surface area contributed by atoms with E-state index in [1.165, 1.54) is 13.0 Å². The maximum absolute atomic E-state index is 13.4. The van der Waals surface area contributed by atoms with Gasteiger partial charge in [0.25, 0.3) is 5.69 Å². The van der Waals surface area contributed by atoms with Gasteiger partial charge < -0.3 is 14.8 Å². The van der Waals surface area contributed by atoms with E-state index < -0.39 is 51.0 Å². The Morgan fingerprint density at radius 3 is 2.36 bits per heavy atom. The van der Waals surface area contributed by atoms with Crippen molar-refractivity contribution in [2.45, 2.75) is 30.0 Å². The lowest BCUT2D eigenvalue weighted by molar-refractivity contribution is -0.384. The SMILES string of the molecule is Cc1ccc(C(O)(CCNc2ccc(S(C)(=O)=O)cc2[N+](=O)[O-])C(F)(F)F)o1. The number of nitro benzene ring substituents is 1. The van der Waals surface area contributed by atoms with Crippen molar-refractivity contribution in [2.75, 3.05) is 18.1 Å². The van der Waals surface area contributed by atoms with Gasteiger partial charge in [0, 0.05) is 25.3 Å². The Morgan fingerprint density at radius 1 is 1.25 bits per heavy atom. The molecule has 1 atom stereocenters. The molecule has 12 heteroatoms. The van der Waals surface area contributed by atoms with Gasteiger partial charge in [0.1, 0.15) is 17.2 Å². The van der Waals surface area contributed by atoms with Gasteiger partial charge in [0.05, 0.1) is 9.82 Å². The van der Waals surface area contributed by atoms with E-state index in [1.54, 1.807) is 0 Å². The molecule has 8 nitrogen and oxygen atoms in total. The lowest BCUT2D eigenvalue weighted by Crippen LogP contribution is -2.43. The molecule has 0 aliphatic rings. The van der Waals surface area contributed by atoms with E-state index in [2.05, 4.69) is 5.32 Å². The van der Waals surface area contributed by atoms with E-state index in [4.69, 9.17) is 4.42 Å². The number of nitro groups is 1. The highest BCUT2D eigenvalue weighted by Gasteiger charge is 2.56. The molecule has 0 radical (unpaired) electrons. The van der Waals surface area contributed by atoms with Crippen LogP contribution in [0.4, 0.5) is 24.5 Å². The van der Waals surface area contributed by atoms with Crippen LogP contribution in [0.1, 0.15) is 17.9 Å². The summed E-state index contributed by atoms with van der Waals surface area (Å²) in [7, 11) is -3.71. The third-order valence-corrected chi connectivity index (χ3v) is 5.12. The number of hydrogen-bond donors (Lipinski definition) is 2. The van der Waals surface area contributed by atoms with Crippen LogP contribution in [0.5, 0.6) is 0 Å². The second-order valence-electron chi connectivity index (χ2n) is 6.15. The summed E-state index contributed by atoms with van der Waals surface area (Å²) in [6.45, 7) is 0.917. The number of aliphatic hydroxyl groups is 1. The van der Waals surface area contributed by atoms with Crippen LogP contribution in [-0.4, -0.2) is 37.4 Å². The summed E-state index contributed by atoms with van der Waals surface area (Å²) in [5.41, 5.74) is -4.10. The number of sulfone groups is 1. The van der Waals surface area contributed by atoms with Crippen LogP contribution < -0.4 is 5.32 Å². The van der Waals surface area contributed by atoms with E-state index in [-0.39, 0.29) is 16.3 Å². The zero-order valence-electron chi connectivity index (χ0n) is 14.8. The molecule has 0 bridgehead atoms. The van der Waals surface area contributed by atoms with E-state index in [1.807, 2.05) is 0 Å². The van der Waals surface area contributed by atoms with Gasteiger partial charge in [-0.2, -0.15) is 13.2 Å². The minimum absolute atomic E-state index is 0.178. The Bertz CT molecular complexity index is 987. The van der Waals surface area contributed by atoms with Gasteiger partial charge in [-0.05, 0) is 31.2 Å². The molecule has 0 saturated carbocycles. The van der Waals surface area contributed by atoms with Gasteiger partial charge in [0.2, 0.25) is 5.60 Å². The number of hydrogen-bond acceptors (Lipinski definition) is 7. The number of halogens is 3. The molecule has 2 rings (SSSR count). The molecule has 1 unspecified atom stereocenters. The quantitative estimate of drug-likeness (QED) is 0.519. The van der Waals surface area contributed by atoms with Crippen LogP contribution in [-0.2, 0) is 15.4 Å². The van der Waals surface area contributed by atoms with Crippen molar-refractivity contribution in [1.29, 1.82) is 0 Å². The molecular weight excluding hydrogens is 405 g/mol. The van der Waals surface area contributed by atoms with Crippen molar-refractivity contribution < 1.29 is 36.0 Å². The Kier molecular flexibility index (Phi) is 5.76. The molecule has 0 amide bonds. The van der Waals surface area contributed by atoms with Gasteiger partial charge in [-0.25, -0.2) is 8.42 Å². The van der Waals surface area contributed by atoms with Crippen molar-refractivity contribution in [3.63, 3.8) is 0 Å². The molecule has 2 N–H and O–H groups in total. The van der Waals surface area contributed by atoms with Crippen molar-refractivity contribution >= 4 is 21.2 Å². The molecule has 0 saturated heterocycles. The third kappa shape index (κ3) is 4.44. The number of aryl methyl sites for hydroxylation is 1. The maximum Gasteiger partial charge on any atom is 0.424 e. The van der Waals surface area contributed by atoms with Crippen molar-refractivity contribution in [1.82, 2.24) is 0 Å². The predicted molar refractivity (Wildman–Crippen MR) is 92.7 cm³/mol. The molecular formula is C16H17F3N2O6S. The topological polar surface area (TPSA) is 123 Å². The lowest BCUT2D eigenvalue weighted by atomic mass is 9.95. The van der Waals surface area contributed by atoms with Crippen LogP contribution in [0.15, 0.2) is 39.6 Å². The number of nitrogens with one attached hydrogen (secondary N) is 1. The van der Waals surface area contributed by atoms with E-state index in [9.17, 15) is 36.8 Å². The first kappa shape index (κ1) is 21.7. The summed E-state index contributed by atoms with van der Waals surface area (Å²) in [6, 6.07) is 5.26. The zero-order chi connectivity index (χ0) is 21.3. The largest absolute Gasteiger partial charge is 0.463 e. The lowest BCUT2D eigenvalue weighted by Gasteiger charge is -2.28. The number of nitrogens with zero attached hydrogens (tertiary/aromatic N) is 1. The smallest absolute Gasteiger partial charge is 0.424 e. The number of alkyl halides is 3. The minimum atomic E-state index is -5.05. The predicted octanol–water partition coefficient (Wildman–Crippen LogP) is 3.15. The average molecular weight is 422 g/mol. The molecule has 1 heterocycles. The van der Waals surface area contributed by atoms with Crippen LogP contribution in [0.2, 0.25) is 0 Å². The summed E-state index contributed by atoms with van der Waals surface area (Å²) in [6.07, 6.45) is -5.08. The number of benzene rings is 1. The fourth-order valence-electron chi connectivity index (χ4n) is 2.48. The van der Waals surface area contributed by atoms with Gasteiger partial charge >= 0.3 is 6.18 Å². The standard InChI is InChI=1S/C16H17F3N2O6S/c1-10-3-6-14(27-10)15(22,16(17,18)19)7-8-20-12-5-4-11(28(2,25)26)9-13(12)21(23)24/h3-6,9,20,22H,7-8H2,1-2H3. The van der Waals surface area contributed by atoms with Gasteiger partial charge in [0.15, 0.2) is 9.84 Å². The van der Waals surface area contributed by atoms with Crippen LogP contribution in [0.3, 0.4) is 0 Å². The Balaban J connectivity index is 2.26. The minimum Gasteiger partial charge on any atom is -0.463 e. The van der Waals surface area contributed by atoms with E-state index in [0.29, 0.717) is 0 Å². The molecule has 154 valence electrons. The summed E-state index contributed by atoms with van der Waals surface area (Å²) >= 11 is 0. The van der Waals surface area contributed by atoms with Gasteiger partial charge in [-0.3, -0.25) is 10.1 Å². The highest BCUT2D eigenvalue weighted by Crippen LogP contribution is 2.42. The third-order valence-electron chi connectivity index (χ3n) is 4.01. The maximum atomic E-state index is 13.4. The second-order valence-corrected chi connectivity index (χ2v) is 8.17. The fourth-order valence-corrected chi connectivity index (χ4v) is 3.12. The molecule has 0 spiro atoms. The first-order valence-electron chi connectivity index (χ1n) is 7.84. The summed E-state index contributed by atoms with van der Waals surface area (Å²) in [5.74, 6) is -0.515. The van der Waals surface area contributed by atoms with Crippen molar-refractivity contribution in [3.8, 4) is 0 Å². The summed E-state index contributed by atoms with van der Waals surface area (Å²) < 4.78 is 68.2. The Morgan fingerprint density at radius 2 is 1.89 bits per heavy atom. The normalized spacial score (nSPS) is 14.5.